The highest BCUT2D eigenvalue weighted by atomic mass is 16.2. The number of carbonyl (C=O) groups is 1. The number of aryl methyl sites for hydroxylation is 2. The minimum atomic E-state index is 0.00878. The fourth-order valence-electron chi connectivity index (χ4n) is 3.75. The highest BCUT2D eigenvalue weighted by Crippen LogP contribution is 2.19. The monoisotopic (exact) mass is 367 g/mol. The Balaban J connectivity index is 1.79. The van der Waals surface area contributed by atoms with E-state index in [1.807, 2.05) is 36.9 Å². The molecule has 0 saturated carbocycles. The molecular weight excluding hydrogens is 338 g/mol. The van der Waals surface area contributed by atoms with E-state index >= 15 is 0 Å². The van der Waals surface area contributed by atoms with Crippen LogP contribution in [0.4, 0.5) is 0 Å². The molecule has 0 bridgehead atoms. The van der Waals surface area contributed by atoms with Crippen LogP contribution in [0.25, 0.3) is 0 Å². The van der Waals surface area contributed by atoms with Crippen LogP contribution in [-0.2, 0) is 6.42 Å². The van der Waals surface area contributed by atoms with Crippen molar-refractivity contribution in [2.45, 2.75) is 46.1 Å². The predicted octanol–water partition coefficient (Wildman–Crippen LogP) is 2.66. The van der Waals surface area contributed by atoms with Gasteiger partial charge >= 0.3 is 0 Å². The maximum absolute atomic E-state index is 13.3. The van der Waals surface area contributed by atoms with E-state index in [-0.39, 0.29) is 11.9 Å². The van der Waals surface area contributed by atoms with Crippen molar-refractivity contribution in [1.29, 1.82) is 0 Å². The van der Waals surface area contributed by atoms with E-state index in [4.69, 9.17) is 0 Å². The van der Waals surface area contributed by atoms with Gasteiger partial charge in [0.1, 0.15) is 11.5 Å². The number of nitrogens with zero attached hydrogens (tertiary/aromatic N) is 5. The standard InChI is InChI=1S/C21H29N5O/c1-4-25-12-9-19(10-13-25)26(14-8-18-7-5-6-11-22-18)21(27)20-15-16(2)23-17(3)24-20/h5-7,11,15,19H,4,8-10,12-14H2,1-3H3. The van der Waals surface area contributed by atoms with Gasteiger partial charge in [0.05, 0.1) is 0 Å². The van der Waals surface area contributed by atoms with Crippen molar-refractivity contribution in [2.24, 2.45) is 0 Å². The summed E-state index contributed by atoms with van der Waals surface area (Å²) in [7, 11) is 0. The normalized spacial score (nSPS) is 15.7. The maximum atomic E-state index is 13.3. The lowest BCUT2D eigenvalue weighted by molar-refractivity contribution is 0.0573. The molecule has 1 fully saturated rings. The molecule has 1 saturated heterocycles. The lowest BCUT2D eigenvalue weighted by atomic mass is 10.0. The third-order valence-corrected chi connectivity index (χ3v) is 5.23. The van der Waals surface area contributed by atoms with Crippen LogP contribution in [0, 0.1) is 13.8 Å². The van der Waals surface area contributed by atoms with Gasteiger partial charge in [-0.05, 0) is 51.4 Å². The second kappa shape index (κ2) is 9.04. The van der Waals surface area contributed by atoms with Crippen LogP contribution in [-0.4, -0.2) is 62.9 Å². The lowest BCUT2D eigenvalue weighted by Gasteiger charge is -2.38. The zero-order valence-corrected chi connectivity index (χ0v) is 16.6. The number of pyridine rings is 1. The summed E-state index contributed by atoms with van der Waals surface area (Å²) in [6.45, 7) is 9.74. The van der Waals surface area contributed by atoms with E-state index in [9.17, 15) is 4.79 Å². The first-order valence-corrected chi connectivity index (χ1v) is 9.82. The Morgan fingerprint density at radius 3 is 2.63 bits per heavy atom. The number of rotatable bonds is 6. The zero-order valence-electron chi connectivity index (χ0n) is 16.6. The van der Waals surface area contributed by atoms with Gasteiger partial charge in [0, 0.05) is 49.7 Å². The molecule has 6 nitrogen and oxygen atoms in total. The smallest absolute Gasteiger partial charge is 0.272 e. The van der Waals surface area contributed by atoms with Gasteiger partial charge in [-0.2, -0.15) is 0 Å². The van der Waals surface area contributed by atoms with Crippen molar-refractivity contribution in [3.63, 3.8) is 0 Å². The van der Waals surface area contributed by atoms with E-state index in [0.29, 0.717) is 18.1 Å². The molecule has 1 aliphatic rings. The largest absolute Gasteiger partial charge is 0.334 e. The molecule has 1 aliphatic heterocycles. The Morgan fingerprint density at radius 1 is 1.22 bits per heavy atom. The average molecular weight is 367 g/mol. The summed E-state index contributed by atoms with van der Waals surface area (Å²) in [6.07, 6.45) is 4.57. The van der Waals surface area contributed by atoms with Gasteiger partial charge in [0.25, 0.3) is 5.91 Å². The molecule has 27 heavy (non-hydrogen) atoms. The van der Waals surface area contributed by atoms with Gasteiger partial charge in [0.15, 0.2) is 0 Å². The Hall–Kier alpha value is -2.34. The summed E-state index contributed by atoms with van der Waals surface area (Å²) in [4.78, 5) is 30.9. The number of aromatic nitrogens is 3. The van der Waals surface area contributed by atoms with Crippen LogP contribution < -0.4 is 0 Å². The number of hydrogen-bond donors (Lipinski definition) is 0. The van der Waals surface area contributed by atoms with Gasteiger partial charge in [-0.1, -0.05) is 13.0 Å². The molecule has 0 unspecified atom stereocenters. The van der Waals surface area contributed by atoms with Gasteiger partial charge in [0.2, 0.25) is 0 Å². The number of amides is 1. The molecule has 0 spiro atoms. The molecule has 0 N–H and O–H groups in total. The van der Waals surface area contributed by atoms with E-state index in [2.05, 4.69) is 26.8 Å². The fourth-order valence-corrected chi connectivity index (χ4v) is 3.75. The molecule has 2 aromatic heterocycles. The van der Waals surface area contributed by atoms with E-state index in [1.165, 1.54) is 0 Å². The number of likely N-dealkylation sites (tertiary alicyclic amines) is 1. The number of carbonyl (C=O) groups excluding carboxylic acids is 1. The van der Waals surface area contributed by atoms with Crippen molar-refractivity contribution in [3.8, 4) is 0 Å². The molecule has 0 radical (unpaired) electrons. The van der Waals surface area contributed by atoms with Crippen molar-refractivity contribution >= 4 is 5.91 Å². The van der Waals surface area contributed by atoms with Crippen LogP contribution in [0.2, 0.25) is 0 Å². The van der Waals surface area contributed by atoms with Crippen LogP contribution in [0.1, 0.15) is 47.5 Å². The summed E-state index contributed by atoms with van der Waals surface area (Å²) in [5.41, 5.74) is 2.34. The third kappa shape index (κ3) is 5.10. The molecule has 6 heteroatoms. The van der Waals surface area contributed by atoms with Gasteiger partial charge in [-0.15, -0.1) is 0 Å². The molecule has 2 aromatic rings. The maximum Gasteiger partial charge on any atom is 0.272 e. The first-order valence-electron chi connectivity index (χ1n) is 9.82. The molecule has 0 atom stereocenters. The molecule has 3 rings (SSSR count). The predicted molar refractivity (Wildman–Crippen MR) is 106 cm³/mol. The summed E-state index contributed by atoms with van der Waals surface area (Å²) >= 11 is 0. The quantitative estimate of drug-likeness (QED) is 0.785. The minimum Gasteiger partial charge on any atom is -0.334 e. The second-order valence-electron chi connectivity index (χ2n) is 7.18. The molecule has 0 aliphatic carbocycles. The van der Waals surface area contributed by atoms with E-state index in [0.717, 1.165) is 50.3 Å². The van der Waals surface area contributed by atoms with Crippen LogP contribution in [0.5, 0.6) is 0 Å². The molecular formula is C21H29N5O. The van der Waals surface area contributed by atoms with Crippen molar-refractivity contribution in [3.05, 3.63) is 53.4 Å². The Morgan fingerprint density at radius 2 is 2.00 bits per heavy atom. The minimum absolute atomic E-state index is 0.00878. The molecule has 0 aromatic carbocycles. The van der Waals surface area contributed by atoms with E-state index in [1.54, 1.807) is 12.3 Å². The summed E-state index contributed by atoms with van der Waals surface area (Å²) in [6, 6.07) is 7.97. The van der Waals surface area contributed by atoms with Crippen LogP contribution in [0.3, 0.4) is 0 Å². The summed E-state index contributed by atoms with van der Waals surface area (Å²) in [5.74, 6) is 0.651. The summed E-state index contributed by atoms with van der Waals surface area (Å²) in [5, 5.41) is 0. The SMILES string of the molecule is CCN1CCC(N(CCc2ccccn2)C(=O)c2cc(C)nc(C)n2)CC1. The lowest BCUT2D eigenvalue weighted by Crippen LogP contribution is -2.48. The highest BCUT2D eigenvalue weighted by Gasteiger charge is 2.29. The first-order chi connectivity index (χ1) is 13.1. The Kier molecular flexibility index (Phi) is 6.50. The second-order valence-corrected chi connectivity index (χ2v) is 7.18. The number of piperidine rings is 1. The van der Waals surface area contributed by atoms with Gasteiger partial charge < -0.3 is 9.80 Å². The third-order valence-electron chi connectivity index (χ3n) is 5.23. The first kappa shape index (κ1) is 19.4. The topological polar surface area (TPSA) is 62.2 Å². The Labute approximate surface area is 161 Å². The van der Waals surface area contributed by atoms with Gasteiger partial charge in [-0.25, -0.2) is 9.97 Å². The molecule has 1 amide bonds. The zero-order chi connectivity index (χ0) is 19.2. The van der Waals surface area contributed by atoms with Crippen molar-refractivity contribution in [2.75, 3.05) is 26.2 Å². The average Bonchev–Trinajstić information content (AvgIpc) is 2.68. The molecule has 144 valence electrons. The Bertz CT molecular complexity index is 736. The fraction of sp³-hybridized carbons (Fsp3) is 0.524. The van der Waals surface area contributed by atoms with E-state index < -0.39 is 0 Å². The summed E-state index contributed by atoms with van der Waals surface area (Å²) < 4.78 is 0. The van der Waals surface area contributed by atoms with Crippen molar-refractivity contribution < 1.29 is 4.79 Å². The molecule has 3 heterocycles. The number of hydrogen-bond acceptors (Lipinski definition) is 5. The van der Waals surface area contributed by atoms with Gasteiger partial charge in [-0.3, -0.25) is 9.78 Å². The van der Waals surface area contributed by atoms with Crippen LogP contribution in [0.15, 0.2) is 30.5 Å². The highest BCUT2D eigenvalue weighted by molar-refractivity contribution is 5.92. The van der Waals surface area contributed by atoms with Crippen LogP contribution >= 0.6 is 0 Å². The van der Waals surface area contributed by atoms with Crippen molar-refractivity contribution in [1.82, 2.24) is 24.8 Å².